The maximum atomic E-state index is 12.7. The largest absolute Gasteiger partial charge is 0.337 e. The minimum atomic E-state index is 0.217. The molecule has 2 aliphatic rings. The molecule has 1 fully saturated rings. The second-order valence-electron chi connectivity index (χ2n) is 6.12. The van der Waals surface area contributed by atoms with Crippen LogP contribution in [0.25, 0.3) is 0 Å². The number of aromatic nitrogens is 2. The average Bonchev–Trinajstić information content (AvgIpc) is 3.20. The lowest BCUT2D eigenvalue weighted by atomic mass is 10.0. The fourth-order valence-corrected chi connectivity index (χ4v) is 4.76. The van der Waals surface area contributed by atoms with Crippen molar-refractivity contribution in [3.63, 3.8) is 0 Å². The van der Waals surface area contributed by atoms with Crippen LogP contribution in [0, 0.1) is 6.92 Å². The van der Waals surface area contributed by atoms with Crippen molar-refractivity contribution < 1.29 is 4.79 Å². The SMILES string of the molecule is Cc1cn[nH]c1C1CCN(C(=O)c2cc3c(s2)CCC3)C1. The van der Waals surface area contributed by atoms with Crippen LogP contribution in [0.4, 0.5) is 0 Å². The fraction of sp³-hybridized carbons (Fsp3) is 0.500. The highest BCUT2D eigenvalue weighted by molar-refractivity contribution is 7.14. The number of nitrogens with zero attached hydrogens (tertiary/aromatic N) is 2. The van der Waals surface area contributed by atoms with Gasteiger partial charge in [-0.3, -0.25) is 9.89 Å². The van der Waals surface area contributed by atoms with Gasteiger partial charge in [-0.15, -0.1) is 11.3 Å². The van der Waals surface area contributed by atoms with Crippen LogP contribution in [0.3, 0.4) is 0 Å². The third-order valence-electron chi connectivity index (χ3n) is 4.71. The van der Waals surface area contributed by atoms with Gasteiger partial charge in [-0.25, -0.2) is 0 Å². The van der Waals surface area contributed by atoms with Crippen LogP contribution in [0.5, 0.6) is 0 Å². The molecule has 21 heavy (non-hydrogen) atoms. The van der Waals surface area contributed by atoms with E-state index in [1.165, 1.54) is 28.1 Å². The van der Waals surface area contributed by atoms with Gasteiger partial charge in [0.2, 0.25) is 0 Å². The number of fused-ring (bicyclic) bond motifs is 1. The number of hydrogen-bond acceptors (Lipinski definition) is 3. The molecule has 1 aliphatic carbocycles. The van der Waals surface area contributed by atoms with Crippen molar-refractivity contribution >= 4 is 17.2 Å². The van der Waals surface area contributed by atoms with Gasteiger partial charge in [-0.05, 0) is 49.8 Å². The van der Waals surface area contributed by atoms with Crippen LogP contribution in [0.15, 0.2) is 12.3 Å². The van der Waals surface area contributed by atoms with Gasteiger partial charge < -0.3 is 4.90 Å². The smallest absolute Gasteiger partial charge is 0.263 e. The molecule has 3 heterocycles. The Morgan fingerprint density at radius 3 is 3.14 bits per heavy atom. The Labute approximate surface area is 128 Å². The van der Waals surface area contributed by atoms with E-state index in [0.717, 1.165) is 37.2 Å². The number of nitrogens with one attached hydrogen (secondary N) is 1. The number of likely N-dealkylation sites (tertiary alicyclic amines) is 1. The number of amides is 1. The molecule has 110 valence electrons. The van der Waals surface area contributed by atoms with Gasteiger partial charge in [0.15, 0.2) is 0 Å². The minimum Gasteiger partial charge on any atom is -0.337 e. The topological polar surface area (TPSA) is 49.0 Å². The molecule has 0 spiro atoms. The van der Waals surface area contributed by atoms with Crippen molar-refractivity contribution in [2.24, 2.45) is 0 Å². The van der Waals surface area contributed by atoms with Crippen molar-refractivity contribution in [3.05, 3.63) is 38.8 Å². The third kappa shape index (κ3) is 2.20. The number of hydrogen-bond donors (Lipinski definition) is 1. The van der Waals surface area contributed by atoms with Crippen molar-refractivity contribution in [3.8, 4) is 0 Å². The van der Waals surface area contributed by atoms with Crippen LogP contribution in [-0.4, -0.2) is 34.1 Å². The maximum absolute atomic E-state index is 12.7. The van der Waals surface area contributed by atoms with E-state index in [9.17, 15) is 4.79 Å². The van der Waals surface area contributed by atoms with E-state index in [1.807, 2.05) is 11.1 Å². The predicted octanol–water partition coefficient (Wildman–Crippen LogP) is 2.90. The van der Waals surface area contributed by atoms with Crippen molar-refractivity contribution in [2.75, 3.05) is 13.1 Å². The fourth-order valence-electron chi connectivity index (χ4n) is 3.54. The lowest BCUT2D eigenvalue weighted by molar-refractivity contribution is 0.0795. The summed E-state index contributed by atoms with van der Waals surface area (Å²) in [6.07, 6.45) is 6.45. The molecule has 1 saturated heterocycles. The molecule has 4 rings (SSSR count). The number of rotatable bonds is 2. The molecule has 2 aromatic heterocycles. The highest BCUT2D eigenvalue weighted by Crippen LogP contribution is 2.33. The summed E-state index contributed by atoms with van der Waals surface area (Å²) in [5, 5.41) is 7.19. The Morgan fingerprint density at radius 2 is 2.38 bits per heavy atom. The number of thiophene rings is 1. The molecule has 0 saturated carbocycles. The van der Waals surface area contributed by atoms with Gasteiger partial charge in [0.25, 0.3) is 5.91 Å². The molecule has 2 aromatic rings. The number of H-pyrrole nitrogens is 1. The molecular formula is C16H19N3OS. The summed E-state index contributed by atoms with van der Waals surface area (Å²) in [6, 6.07) is 2.13. The first kappa shape index (κ1) is 13.1. The van der Waals surface area contributed by atoms with Crippen LogP contribution in [0.1, 0.15) is 50.1 Å². The standard InChI is InChI=1S/C16H19N3OS/c1-10-8-17-18-15(10)12-5-6-19(9-12)16(20)14-7-11-3-2-4-13(11)21-14/h7-8,12H,2-6,9H2,1H3,(H,17,18). The van der Waals surface area contributed by atoms with Crippen LogP contribution >= 0.6 is 11.3 Å². The monoisotopic (exact) mass is 301 g/mol. The van der Waals surface area contributed by atoms with Crippen LogP contribution in [0.2, 0.25) is 0 Å². The van der Waals surface area contributed by atoms with Gasteiger partial charge in [0, 0.05) is 29.6 Å². The molecule has 1 amide bonds. The first-order valence-electron chi connectivity index (χ1n) is 7.63. The average molecular weight is 301 g/mol. The quantitative estimate of drug-likeness (QED) is 0.927. The second-order valence-corrected chi connectivity index (χ2v) is 7.25. The zero-order valence-electron chi connectivity index (χ0n) is 12.2. The molecule has 1 N–H and O–H groups in total. The molecule has 0 bridgehead atoms. The normalized spacial score (nSPS) is 21.0. The van der Waals surface area contributed by atoms with Crippen molar-refractivity contribution in [1.82, 2.24) is 15.1 Å². The maximum Gasteiger partial charge on any atom is 0.263 e. The van der Waals surface area contributed by atoms with E-state index in [2.05, 4.69) is 23.2 Å². The summed E-state index contributed by atoms with van der Waals surface area (Å²) < 4.78 is 0. The first-order valence-corrected chi connectivity index (χ1v) is 8.45. The number of aromatic amines is 1. The number of carbonyl (C=O) groups excluding carboxylic acids is 1. The first-order chi connectivity index (χ1) is 10.2. The minimum absolute atomic E-state index is 0.217. The molecule has 0 aromatic carbocycles. The van der Waals surface area contributed by atoms with Gasteiger partial charge in [-0.2, -0.15) is 5.10 Å². The lowest BCUT2D eigenvalue weighted by Gasteiger charge is -2.15. The Morgan fingerprint density at radius 1 is 1.48 bits per heavy atom. The van der Waals surface area contributed by atoms with Gasteiger partial charge in [0.05, 0.1) is 11.1 Å². The van der Waals surface area contributed by atoms with E-state index < -0.39 is 0 Å². The Kier molecular flexibility index (Phi) is 3.10. The Bertz CT molecular complexity index is 666. The summed E-state index contributed by atoms with van der Waals surface area (Å²) in [4.78, 5) is 17.0. The highest BCUT2D eigenvalue weighted by Gasteiger charge is 2.31. The van der Waals surface area contributed by atoms with Gasteiger partial charge in [0.1, 0.15) is 0 Å². The zero-order valence-corrected chi connectivity index (χ0v) is 13.0. The summed E-state index contributed by atoms with van der Waals surface area (Å²) >= 11 is 1.71. The summed E-state index contributed by atoms with van der Waals surface area (Å²) in [5.41, 5.74) is 3.80. The zero-order chi connectivity index (χ0) is 14.4. The van der Waals surface area contributed by atoms with Gasteiger partial charge >= 0.3 is 0 Å². The number of carbonyl (C=O) groups is 1. The highest BCUT2D eigenvalue weighted by atomic mass is 32.1. The lowest BCUT2D eigenvalue weighted by Crippen LogP contribution is -2.27. The summed E-state index contributed by atoms with van der Waals surface area (Å²) in [7, 11) is 0. The van der Waals surface area contributed by atoms with E-state index in [4.69, 9.17) is 0 Å². The summed E-state index contributed by atoms with van der Waals surface area (Å²) in [6.45, 7) is 3.74. The molecular weight excluding hydrogens is 282 g/mol. The van der Waals surface area contributed by atoms with Crippen LogP contribution in [-0.2, 0) is 12.8 Å². The summed E-state index contributed by atoms with van der Waals surface area (Å²) in [5.74, 6) is 0.623. The molecule has 1 atom stereocenters. The molecule has 1 aliphatic heterocycles. The molecule has 5 heteroatoms. The van der Waals surface area contributed by atoms with Crippen LogP contribution < -0.4 is 0 Å². The number of aryl methyl sites for hydroxylation is 3. The molecule has 1 unspecified atom stereocenters. The van der Waals surface area contributed by atoms with Gasteiger partial charge in [-0.1, -0.05) is 0 Å². The van der Waals surface area contributed by atoms with E-state index in [-0.39, 0.29) is 5.91 Å². The Hall–Kier alpha value is -1.62. The Balaban J connectivity index is 1.50. The van der Waals surface area contributed by atoms with E-state index in [1.54, 1.807) is 11.3 Å². The molecule has 0 radical (unpaired) electrons. The molecule has 4 nitrogen and oxygen atoms in total. The predicted molar refractivity (Wildman–Crippen MR) is 82.9 cm³/mol. The van der Waals surface area contributed by atoms with Crippen molar-refractivity contribution in [2.45, 2.75) is 38.5 Å². The van der Waals surface area contributed by atoms with E-state index in [0.29, 0.717) is 5.92 Å². The second kappa shape index (κ2) is 4.98. The van der Waals surface area contributed by atoms with Crippen molar-refractivity contribution in [1.29, 1.82) is 0 Å². The van der Waals surface area contributed by atoms with E-state index >= 15 is 0 Å². The third-order valence-corrected chi connectivity index (χ3v) is 5.93.